The Labute approximate surface area is 202 Å². The highest BCUT2D eigenvalue weighted by Crippen LogP contribution is 2.57. The fourth-order valence-corrected chi connectivity index (χ4v) is 8.11. The number of nitrogens with zero attached hydrogens (tertiary/aromatic N) is 4. The molecule has 0 unspecified atom stereocenters. The van der Waals surface area contributed by atoms with Crippen molar-refractivity contribution in [1.82, 2.24) is 24.9 Å². The van der Waals surface area contributed by atoms with E-state index in [1.807, 2.05) is 18.2 Å². The average molecular weight is 494 g/mol. The normalized spacial score (nSPS) is 27.8. The Morgan fingerprint density at radius 3 is 2.49 bits per heavy atom. The number of nitrogens with one attached hydrogen (secondary N) is 1. The van der Waals surface area contributed by atoms with Gasteiger partial charge in [-0.05, 0) is 97.0 Å². The molecule has 4 fully saturated rings. The molecule has 2 aromatic carbocycles. The fourth-order valence-electron chi connectivity index (χ4n) is 7.07. The van der Waals surface area contributed by atoms with Crippen LogP contribution in [0.1, 0.15) is 38.5 Å². The minimum Gasteiger partial charge on any atom is -0.456 e. The van der Waals surface area contributed by atoms with E-state index in [9.17, 15) is 8.42 Å². The Morgan fingerprint density at radius 1 is 1.00 bits per heavy atom. The van der Waals surface area contributed by atoms with Gasteiger partial charge in [0.25, 0.3) is 0 Å². The minimum atomic E-state index is -3.67. The van der Waals surface area contributed by atoms with Crippen LogP contribution in [-0.4, -0.2) is 47.4 Å². The molecule has 0 aliphatic heterocycles. The van der Waals surface area contributed by atoms with Gasteiger partial charge in [0.2, 0.25) is 10.0 Å². The molecule has 4 saturated carbocycles. The van der Waals surface area contributed by atoms with Crippen LogP contribution < -0.4 is 4.72 Å². The Hall–Kier alpha value is -2.82. The average Bonchev–Trinajstić information content (AvgIpc) is 3.48. The molecule has 4 aromatic rings. The van der Waals surface area contributed by atoms with Crippen molar-refractivity contribution in [3.63, 3.8) is 0 Å². The van der Waals surface area contributed by atoms with E-state index >= 15 is 0 Å². The lowest BCUT2D eigenvalue weighted by Crippen LogP contribution is -2.52. The molecule has 0 spiro atoms. The number of benzene rings is 2. The van der Waals surface area contributed by atoms with Gasteiger partial charge in [0.1, 0.15) is 17.5 Å². The van der Waals surface area contributed by atoms with Crippen LogP contribution in [0.15, 0.2) is 52.0 Å². The highest BCUT2D eigenvalue weighted by molar-refractivity contribution is 7.89. The first kappa shape index (κ1) is 21.5. The predicted octanol–water partition coefficient (Wildman–Crippen LogP) is 3.83. The Balaban J connectivity index is 1.07. The number of ether oxygens (including phenoxy) is 1. The lowest BCUT2D eigenvalue weighted by molar-refractivity contribution is -0.160. The minimum absolute atomic E-state index is 0.0179. The molecule has 0 radical (unpaired) electrons. The molecule has 35 heavy (non-hydrogen) atoms. The second kappa shape index (κ2) is 7.84. The van der Waals surface area contributed by atoms with E-state index in [0.29, 0.717) is 17.8 Å². The van der Waals surface area contributed by atoms with Crippen LogP contribution in [0.5, 0.6) is 0 Å². The number of tetrazole rings is 1. The standard InChI is InChI=1S/C25H27N5O4S/c31-35(32,27-5-6-33-25-12-16-7-17(13-25)9-18(8-16)14-25)20-2-4-23-22(11-20)21-3-1-19(10-24(21)34-23)30-15-26-28-29-30/h1-4,10-11,15-18,27H,5-9,12-14H2. The summed E-state index contributed by atoms with van der Waals surface area (Å²) in [6, 6.07) is 10.5. The van der Waals surface area contributed by atoms with Gasteiger partial charge in [0.15, 0.2) is 0 Å². The topological polar surface area (TPSA) is 112 Å². The van der Waals surface area contributed by atoms with Crippen molar-refractivity contribution < 1.29 is 17.6 Å². The van der Waals surface area contributed by atoms with Crippen LogP contribution in [0.2, 0.25) is 0 Å². The first-order chi connectivity index (χ1) is 17.0. The van der Waals surface area contributed by atoms with Crippen molar-refractivity contribution in [2.75, 3.05) is 13.2 Å². The third kappa shape index (κ3) is 3.75. The first-order valence-corrected chi connectivity index (χ1v) is 13.8. The highest BCUT2D eigenvalue weighted by atomic mass is 32.2. The van der Waals surface area contributed by atoms with Crippen molar-refractivity contribution in [2.45, 2.75) is 49.0 Å². The van der Waals surface area contributed by atoms with E-state index in [4.69, 9.17) is 9.15 Å². The summed E-state index contributed by atoms with van der Waals surface area (Å²) in [6.07, 6.45) is 9.02. The summed E-state index contributed by atoms with van der Waals surface area (Å²) in [5, 5.41) is 12.8. The van der Waals surface area contributed by atoms with Gasteiger partial charge in [-0.25, -0.2) is 17.8 Å². The maximum Gasteiger partial charge on any atom is 0.240 e. The van der Waals surface area contributed by atoms with Crippen LogP contribution >= 0.6 is 0 Å². The second-order valence-electron chi connectivity index (χ2n) is 10.5. The summed E-state index contributed by atoms with van der Waals surface area (Å²) in [5.74, 6) is 2.41. The van der Waals surface area contributed by atoms with Crippen molar-refractivity contribution in [3.8, 4) is 5.69 Å². The predicted molar refractivity (Wildman–Crippen MR) is 128 cm³/mol. The number of aromatic nitrogens is 4. The number of sulfonamides is 1. The molecule has 2 aromatic heterocycles. The zero-order valence-electron chi connectivity index (χ0n) is 19.3. The van der Waals surface area contributed by atoms with Crippen LogP contribution in [0.3, 0.4) is 0 Å². The maximum absolute atomic E-state index is 13.0. The summed E-state index contributed by atoms with van der Waals surface area (Å²) in [5.41, 5.74) is 2.00. The number of fused-ring (bicyclic) bond motifs is 3. The molecule has 10 heteroatoms. The van der Waals surface area contributed by atoms with Crippen molar-refractivity contribution in [3.05, 3.63) is 42.7 Å². The van der Waals surface area contributed by atoms with Gasteiger partial charge in [-0.15, -0.1) is 5.10 Å². The SMILES string of the molecule is O=S(=O)(NCCOC12CC3CC(CC(C3)C1)C2)c1ccc2oc3cc(-n4cnnn4)ccc3c2c1. The summed E-state index contributed by atoms with van der Waals surface area (Å²) < 4.78 is 42.7. The van der Waals surface area contributed by atoms with Gasteiger partial charge in [-0.1, -0.05) is 0 Å². The molecule has 0 saturated heterocycles. The Bertz CT molecular complexity index is 1480. The second-order valence-corrected chi connectivity index (χ2v) is 12.3. The zero-order valence-corrected chi connectivity index (χ0v) is 20.1. The third-order valence-corrected chi connectivity index (χ3v) is 9.59. The highest BCUT2D eigenvalue weighted by Gasteiger charge is 2.51. The van der Waals surface area contributed by atoms with Crippen LogP contribution in [0, 0.1) is 17.8 Å². The molecule has 9 nitrogen and oxygen atoms in total. The van der Waals surface area contributed by atoms with E-state index < -0.39 is 10.0 Å². The molecular formula is C25H27N5O4S. The summed E-state index contributed by atoms with van der Waals surface area (Å²) in [7, 11) is -3.67. The lowest BCUT2D eigenvalue weighted by Gasteiger charge is -2.56. The van der Waals surface area contributed by atoms with Gasteiger partial charge in [-0.3, -0.25) is 0 Å². The fraction of sp³-hybridized carbons (Fsp3) is 0.480. The van der Waals surface area contributed by atoms with E-state index in [2.05, 4.69) is 20.2 Å². The van der Waals surface area contributed by atoms with Gasteiger partial charge in [-0.2, -0.15) is 0 Å². The monoisotopic (exact) mass is 493 g/mol. The van der Waals surface area contributed by atoms with Crippen LogP contribution in [-0.2, 0) is 14.8 Å². The molecule has 0 atom stereocenters. The maximum atomic E-state index is 13.0. The quantitative estimate of drug-likeness (QED) is 0.390. The molecular weight excluding hydrogens is 466 g/mol. The van der Waals surface area contributed by atoms with Gasteiger partial charge < -0.3 is 9.15 Å². The molecule has 8 rings (SSSR count). The summed E-state index contributed by atoms with van der Waals surface area (Å²) >= 11 is 0. The molecule has 4 aliphatic rings. The molecule has 182 valence electrons. The molecule has 1 N–H and O–H groups in total. The summed E-state index contributed by atoms with van der Waals surface area (Å²) in [4.78, 5) is 0.215. The number of hydrogen-bond acceptors (Lipinski definition) is 7. The van der Waals surface area contributed by atoms with Crippen molar-refractivity contribution in [2.24, 2.45) is 17.8 Å². The van der Waals surface area contributed by atoms with E-state index in [-0.39, 0.29) is 17.0 Å². The molecule has 4 bridgehead atoms. The van der Waals surface area contributed by atoms with E-state index in [1.54, 1.807) is 18.2 Å². The van der Waals surface area contributed by atoms with Gasteiger partial charge in [0, 0.05) is 23.4 Å². The van der Waals surface area contributed by atoms with Crippen molar-refractivity contribution >= 4 is 32.0 Å². The van der Waals surface area contributed by atoms with Crippen LogP contribution in [0.25, 0.3) is 27.6 Å². The third-order valence-electron chi connectivity index (χ3n) is 8.13. The smallest absolute Gasteiger partial charge is 0.240 e. The number of hydrogen-bond donors (Lipinski definition) is 1. The number of rotatable bonds is 7. The Morgan fingerprint density at radius 2 is 1.77 bits per heavy atom. The largest absolute Gasteiger partial charge is 0.456 e. The Kier molecular flexibility index (Phi) is 4.81. The molecule has 0 amide bonds. The van der Waals surface area contributed by atoms with Crippen LogP contribution in [0.4, 0.5) is 0 Å². The molecule has 4 aliphatic carbocycles. The van der Waals surface area contributed by atoms with E-state index in [1.165, 1.54) is 30.3 Å². The molecule has 2 heterocycles. The van der Waals surface area contributed by atoms with E-state index in [0.717, 1.165) is 53.5 Å². The zero-order chi connectivity index (χ0) is 23.6. The van der Waals surface area contributed by atoms with Gasteiger partial charge >= 0.3 is 0 Å². The van der Waals surface area contributed by atoms with Gasteiger partial charge in [0.05, 0.1) is 22.8 Å². The summed E-state index contributed by atoms with van der Waals surface area (Å²) in [6.45, 7) is 0.672. The number of furan rings is 1. The van der Waals surface area contributed by atoms with Crippen molar-refractivity contribution in [1.29, 1.82) is 0 Å². The first-order valence-electron chi connectivity index (χ1n) is 12.3. The lowest BCUT2D eigenvalue weighted by atomic mass is 9.54.